The number of halogens is 1. The van der Waals surface area contributed by atoms with Crippen LogP contribution in [0.5, 0.6) is 0 Å². The van der Waals surface area contributed by atoms with Gasteiger partial charge in [-0.3, -0.25) is 5.10 Å². The zero-order valence-electron chi connectivity index (χ0n) is 9.40. The summed E-state index contributed by atoms with van der Waals surface area (Å²) in [6, 6.07) is 7.67. The van der Waals surface area contributed by atoms with Gasteiger partial charge in [-0.25, -0.2) is 4.98 Å². The van der Waals surface area contributed by atoms with Crippen molar-refractivity contribution in [2.45, 2.75) is 12.1 Å². The summed E-state index contributed by atoms with van der Waals surface area (Å²) in [7, 11) is 0. The Morgan fingerprint density at radius 3 is 2.76 bits per heavy atom. The molecule has 2 N–H and O–H groups in total. The average molecular weight is 269 g/mol. The Bertz CT molecular complexity index is 469. The van der Waals surface area contributed by atoms with Crippen LogP contribution in [-0.2, 0) is 0 Å². The van der Waals surface area contributed by atoms with Crippen LogP contribution in [0, 0.1) is 6.92 Å². The normalized spacial score (nSPS) is 10.5. The Balaban J connectivity index is 1.71. The van der Waals surface area contributed by atoms with Crippen LogP contribution in [0.4, 0.5) is 5.69 Å². The number of H-pyrrole nitrogens is 1. The fourth-order valence-corrected chi connectivity index (χ4v) is 2.12. The van der Waals surface area contributed by atoms with E-state index >= 15 is 0 Å². The highest BCUT2D eigenvalue weighted by molar-refractivity contribution is 7.99. The minimum atomic E-state index is 0.751. The Morgan fingerprint density at radius 2 is 2.12 bits per heavy atom. The predicted octanol–water partition coefficient (Wildman–Crippen LogP) is 2.97. The van der Waals surface area contributed by atoms with E-state index in [9.17, 15) is 0 Å². The molecule has 6 heteroatoms. The number of nitrogens with one attached hydrogen (secondary N) is 2. The van der Waals surface area contributed by atoms with Crippen molar-refractivity contribution in [3.05, 3.63) is 35.1 Å². The molecule has 0 saturated heterocycles. The number of aromatic amines is 1. The maximum Gasteiger partial charge on any atom is 0.208 e. The maximum absolute atomic E-state index is 5.80. The van der Waals surface area contributed by atoms with E-state index < -0.39 is 0 Å². The van der Waals surface area contributed by atoms with E-state index in [-0.39, 0.29) is 0 Å². The third kappa shape index (κ3) is 3.94. The predicted molar refractivity (Wildman–Crippen MR) is 71.8 cm³/mol. The molecular formula is C11H13ClN4S. The molecular weight excluding hydrogens is 256 g/mol. The van der Waals surface area contributed by atoms with Gasteiger partial charge in [-0.05, 0) is 31.2 Å². The molecule has 90 valence electrons. The number of hydrogen-bond donors (Lipinski definition) is 2. The smallest absolute Gasteiger partial charge is 0.208 e. The molecule has 0 spiro atoms. The second kappa shape index (κ2) is 5.93. The molecule has 2 rings (SSSR count). The first-order valence-corrected chi connectivity index (χ1v) is 6.61. The summed E-state index contributed by atoms with van der Waals surface area (Å²) in [6.07, 6.45) is 0. The van der Waals surface area contributed by atoms with E-state index in [1.54, 1.807) is 11.8 Å². The monoisotopic (exact) mass is 268 g/mol. The van der Waals surface area contributed by atoms with Crippen LogP contribution in [0.3, 0.4) is 0 Å². The van der Waals surface area contributed by atoms with Crippen LogP contribution in [-0.4, -0.2) is 27.5 Å². The molecule has 0 aliphatic carbocycles. The van der Waals surface area contributed by atoms with Gasteiger partial charge in [0, 0.05) is 23.0 Å². The van der Waals surface area contributed by atoms with Gasteiger partial charge in [0.15, 0.2) is 0 Å². The van der Waals surface area contributed by atoms with Gasteiger partial charge in [0.1, 0.15) is 5.82 Å². The lowest BCUT2D eigenvalue weighted by Gasteiger charge is -2.04. The van der Waals surface area contributed by atoms with Crippen LogP contribution in [0.15, 0.2) is 29.4 Å². The summed E-state index contributed by atoms with van der Waals surface area (Å²) in [4.78, 5) is 4.22. The summed E-state index contributed by atoms with van der Waals surface area (Å²) in [5.41, 5.74) is 1.07. The van der Waals surface area contributed by atoms with Crippen LogP contribution in [0.1, 0.15) is 5.82 Å². The number of hydrogen-bond acceptors (Lipinski definition) is 4. The van der Waals surface area contributed by atoms with Gasteiger partial charge < -0.3 is 5.32 Å². The van der Waals surface area contributed by atoms with Gasteiger partial charge in [0.2, 0.25) is 5.16 Å². The van der Waals surface area contributed by atoms with Gasteiger partial charge in [-0.1, -0.05) is 23.4 Å². The minimum absolute atomic E-state index is 0.751. The Kier molecular flexibility index (Phi) is 4.28. The van der Waals surface area contributed by atoms with Crippen molar-refractivity contribution in [1.29, 1.82) is 0 Å². The molecule has 0 saturated carbocycles. The molecule has 0 atom stereocenters. The summed E-state index contributed by atoms with van der Waals surface area (Å²) < 4.78 is 0. The van der Waals surface area contributed by atoms with E-state index in [0.717, 1.165) is 34.0 Å². The fourth-order valence-electron chi connectivity index (χ4n) is 1.29. The quantitative estimate of drug-likeness (QED) is 0.647. The third-order valence-corrected chi connectivity index (χ3v) is 3.18. The highest BCUT2D eigenvalue weighted by atomic mass is 35.5. The highest BCUT2D eigenvalue weighted by Gasteiger charge is 1.99. The van der Waals surface area contributed by atoms with Crippen molar-refractivity contribution < 1.29 is 0 Å². The number of thioether (sulfide) groups is 1. The Hall–Kier alpha value is -1.20. The number of aryl methyl sites for hydroxylation is 1. The second-order valence-electron chi connectivity index (χ2n) is 3.49. The molecule has 0 bridgehead atoms. The van der Waals surface area contributed by atoms with Gasteiger partial charge >= 0.3 is 0 Å². The molecule has 0 aliphatic heterocycles. The van der Waals surface area contributed by atoms with Gasteiger partial charge in [-0.2, -0.15) is 0 Å². The third-order valence-electron chi connectivity index (χ3n) is 2.08. The molecule has 0 fully saturated rings. The maximum atomic E-state index is 5.80. The van der Waals surface area contributed by atoms with Gasteiger partial charge in [-0.15, -0.1) is 5.10 Å². The molecule has 0 unspecified atom stereocenters. The lowest BCUT2D eigenvalue weighted by Crippen LogP contribution is -2.03. The van der Waals surface area contributed by atoms with Crippen LogP contribution < -0.4 is 5.32 Å². The SMILES string of the molecule is Cc1nc(SCCNc2ccc(Cl)cc2)n[nH]1. The first kappa shape index (κ1) is 12.3. The van der Waals surface area contributed by atoms with Crippen LogP contribution in [0.25, 0.3) is 0 Å². The van der Waals surface area contributed by atoms with Crippen LogP contribution >= 0.6 is 23.4 Å². The lowest BCUT2D eigenvalue weighted by molar-refractivity contribution is 0.968. The molecule has 0 radical (unpaired) electrons. The molecule has 1 aromatic carbocycles. The van der Waals surface area contributed by atoms with Crippen molar-refractivity contribution in [1.82, 2.24) is 15.2 Å². The number of rotatable bonds is 5. The van der Waals surface area contributed by atoms with Crippen molar-refractivity contribution in [2.75, 3.05) is 17.6 Å². The van der Waals surface area contributed by atoms with Gasteiger partial charge in [0.25, 0.3) is 0 Å². The molecule has 4 nitrogen and oxygen atoms in total. The van der Waals surface area contributed by atoms with Crippen molar-refractivity contribution in [3.63, 3.8) is 0 Å². The molecule has 17 heavy (non-hydrogen) atoms. The van der Waals surface area contributed by atoms with E-state index in [4.69, 9.17) is 11.6 Å². The summed E-state index contributed by atoms with van der Waals surface area (Å²) in [5.74, 6) is 1.76. The zero-order chi connectivity index (χ0) is 12.1. The highest BCUT2D eigenvalue weighted by Crippen LogP contribution is 2.15. The van der Waals surface area contributed by atoms with E-state index in [1.807, 2.05) is 31.2 Å². The van der Waals surface area contributed by atoms with Gasteiger partial charge in [0.05, 0.1) is 0 Å². The second-order valence-corrected chi connectivity index (χ2v) is 4.98. The van der Waals surface area contributed by atoms with Crippen molar-refractivity contribution in [2.24, 2.45) is 0 Å². The Labute approximate surface area is 109 Å². The van der Waals surface area contributed by atoms with E-state index in [2.05, 4.69) is 20.5 Å². The standard InChI is InChI=1S/C11H13ClN4S/c1-8-14-11(16-15-8)17-7-6-13-10-4-2-9(12)3-5-10/h2-5,13H,6-7H2,1H3,(H,14,15,16). The lowest BCUT2D eigenvalue weighted by atomic mass is 10.3. The molecule has 0 aliphatic rings. The van der Waals surface area contributed by atoms with E-state index in [0.29, 0.717) is 0 Å². The summed E-state index contributed by atoms with van der Waals surface area (Å²) in [6.45, 7) is 2.75. The number of aromatic nitrogens is 3. The van der Waals surface area contributed by atoms with Crippen molar-refractivity contribution in [3.8, 4) is 0 Å². The first-order valence-electron chi connectivity index (χ1n) is 5.25. The topological polar surface area (TPSA) is 53.6 Å². The molecule has 0 amide bonds. The van der Waals surface area contributed by atoms with Crippen LogP contribution in [0.2, 0.25) is 5.02 Å². The number of anilines is 1. The zero-order valence-corrected chi connectivity index (χ0v) is 11.0. The summed E-state index contributed by atoms with van der Waals surface area (Å²) >= 11 is 7.43. The van der Waals surface area contributed by atoms with Crippen molar-refractivity contribution >= 4 is 29.1 Å². The number of nitrogens with zero attached hydrogens (tertiary/aromatic N) is 2. The fraction of sp³-hybridized carbons (Fsp3) is 0.273. The Morgan fingerprint density at radius 1 is 1.35 bits per heavy atom. The number of benzene rings is 1. The van der Waals surface area contributed by atoms with E-state index in [1.165, 1.54) is 0 Å². The molecule has 2 aromatic rings. The molecule has 1 aromatic heterocycles. The minimum Gasteiger partial charge on any atom is -0.384 e. The first-order chi connectivity index (χ1) is 8.24. The average Bonchev–Trinajstić information content (AvgIpc) is 2.73. The largest absolute Gasteiger partial charge is 0.384 e. The molecule has 1 heterocycles. The summed E-state index contributed by atoms with van der Waals surface area (Å²) in [5, 5.41) is 11.7.